The number of hydrogen-bond acceptors (Lipinski definition) is 3. The second kappa shape index (κ2) is 23.3. The van der Waals surface area contributed by atoms with Crippen LogP contribution < -0.4 is 0 Å². The van der Waals surface area contributed by atoms with E-state index in [9.17, 15) is 0 Å². The molecule has 3 aliphatic rings. The van der Waals surface area contributed by atoms with Crippen LogP contribution in [-0.4, -0.2) is 105 Å². The molecule has 3 heterocycles. The zero-order valence-electron chi connectivity index (χ0n) is 30.6. The van der Waals surface area contributed by atoms with Crippen molar-refractivity contribution in [1.82, 2.24) is 0 Å². The van der Waals surface area contributed by atoms with Crippen molar-refractivity contribution in [2.45, 2.75) is 119 Å². The molecule has 0 N–H and O–H groups in total. The molecule has 0 spiro atoms. The minimum Gasteiger partial charge on any atom is -0.687 e. The van der Waals surface area contributed by atoms with E-state index in [0.29, 0.717) is 0 Å². The van der Waals surface area contributed by atoms with Gasteiger partial charge in [0.2, 0.25) is 0 Å². The molecule has 3 aliphatic heterocycles. The first kappa shape index (κ1) is 43.9. The molecular formula is C36H64BaN2O3Si2. The zero-order valence-corrected chi connectivity index (χ0v) is 37.1. The van der Waals surface area contributed by atoms with Crippen molar-refractivity contribution in [1.29, 1.82) is 0 Å². The number of hydrogen-bond donors (Lipinski definition) is 0. The number of aryl methyl sites for hydroxylation is 6. The van der Waals surface area contributed by atoms with Crippen molar-refractivity contribution >= 4 is 76.7 Å². The average Bonchev–Trinajstić information content (AvgIpc) is 3.70. The molecule has 44 heavy (non-hydrogen) atoms. The van der Waals surface area contributed by atoms with Crippen LogP contribution in [0.4, 0.5) is 11.4 Å². The Labute approximate surface area is 314 Å². The minimum absolute atomic E-state index is 0. The van der Waals surface area contributed by atoms with Gasteiger partial charge in [-0.25, -0.2) is 0 Å². The fourth-order valence-electron chi connectivity index (χ4n) is 4.90. The monoisotopic (exact) mass is 766 g/mol. The zero-order chi connectivity index (χ0) is 32.5. The molecule has 0 aliphatic carbocycles. The third-order valence-electron chi connectivity index (χ3n) is 6.65. The Morgan fingerprint density at radius 1 is 0.432 bits per heavy atom. The van der Waals surface area contributed by atoms with Gasteiger partial charge in [0.05, 0.1) is 0 Å². The first-order valence-corrected chi connectivity index (χ1v) is 23.3. The maximum atomic E-state index is 4.94. The fraction of sp³-hybridized carbons (Fsp3) is 0.667. The molecule has 0 unspecified atom stereocenters. The maximum absolute atomic E-state index is 4.94. The Balaban J connectivity index is 0.000000567. The molecule has 0 bridgehead atoms. The molecule has 5 rings (SSSR count). The van der Waals surface area contributed by atoms with Crippen LogP contribution >= 0.6 is 0 Å². The van der Waals surface area contributed by atoms with Crippen molar-refractivity contribution in [3.63, 3.8) is 0 Å². The smallest absolute Gasteiger partial charge is 0.687 e. The molecular weight excluding hydrogens is 702 g/mol. The summed E-state index contributed by atoms with van der Waals surface area (Å²) in [5, 5.41) is 0. The van der Waals surface area contributed by atoms with E-state index >= 15 is 0 Å². The largest absolute Gasteiger partial charge is 2.00 e. The summed E-state index contributed by atoms with van der Waals surface area (Å²) in [5.74, 6) is 0. The topological polar surface area (TPSA) is 55.9 Å². The average molecular weight is 766 g/mol. The summed E-state index contributed by atoms with van der Waals surface area (Å²) < 4.78 is 14.8. The number of nitrogens with zero attached hydrogens (tertiary/aromatic N) is 2. The summed E-state index contributed by atoms with van der Waals surface area (Å²) in [5.41, 5.74) is 10.3. The predicted octanol–water partition coefficient (Wildman–Crippen LogP) is 10.9. The summed E-state index contributed by atoms with van der Waals surface area (Å²) in [7, 11) is -2.71. The van der Waals surface area contributed by atoms with E-state index in [4.69, 9.17) is 24.2 Å². The molecule has 2 aromatic rings. The van der Waals surface area contributed by atoms with Gasteiger partial charge in [-0.3, -0.25) is 0 Å². The van der Waals surface area contributed by atoms with E-state index in [0.717, 1.165) is 39.6 Å². The SMILES string of the molecule is C1CCOC1.C1CCOC1.C1CCOC1.Cc1cc(C)c([N-][Si](C)(C)C)c(C)c1.Cc1cc(C)c([N-][Si](C)(C)C)c(C)c1.[Ba+2]. The second-order valence-electron chi connectivity index (χ2n) is 14.0. The van der Waals surface area contributed by atoms with Crippen molar-refractivity contribution in [3.05, 3.63) is 67.6 Å². The van der Waals surface area contributed by atoms with Gasteiger partial charge in [-0.2, -0.15) is 0 Å². The second-order valence-corrected chi connectivity index (χ2v) is 23.1. The molecule has 0 radical (unpaired) electrons. The Morgan fingerprint density at radius 3 is 0.773 bits per heavy atom. The van der Waals surface area contributed by atoms with Crippen LogP contribution in [0.2, 0.25) is 39.3 Å². The van der Waals surface area contributed by atoms with E-state index in [1.807, 2.05) is 0 Å². The van der Waals surface area contributed by atoms with Gasteiger partial charge in [0.1, 0.15) is 0 Å². The number of rotatable bonds is 4. The number of benzene rings is 2. The summed E-state index contributed by atoms with van der Waals surface area (Å²) in [6.07, 6.45) is 7.67. The van der Waals surface area contributed by atoms with Gasteiger partial charge in [0.25, 0.3) is 0 Å². The van der Waals surface area contributed by atoms with E-state index in [2.05, 4.69) is 105 Å². The van der Waals surface area contributed by atoms with Gasteiger partial charge in [-0.15, -0.1) is 11.4 Å². The molecule has 3 saturated heterocycles. The van der Waals surface area contributed by atoms with Gasteiger partial charge in [-0.1, -0.05) is 96.9 Å². The maximum Gasteiger partial charge on any atom is 2.00 e. The molecule has 2 aromatic carbocycles. The Kier molecular flexibility index (Phi) is 23.2. The Hall–Kier alpha value is -0.0748. The van der Waals surface area contributed by atoms with Gasteiger partial charge in [0, 0.05) is 39.6 Å². The summed E-state index contributed by atoms with van der Waals surface area (Å²) in [4.78, 5) is 9.74. The molecule has 3 fully saturated rings. The quantitative estimate of drug-likeness (QED) is 0.291. The molecule has 0 saturated carbocycles. The van der Waals surface area contributed by atoms with Crippen molar-refractivity contribution < 1.29 is 14.2 Å². The van der Waals surface area contributed by atoms with Crippen LogP contribution in [0.5, 0.6) is 0 Å². The van der Waals surface area contributed by atoms with Crippen LogP contribution in [0.3, 0.4) is 0 Å². The van der Waals surface area contributed by atoms with E-state index < -0.39 is 16.5 Å². The minimum atomic E-state index is -1.35. The molecule has 0 amide bonds. The van der Waals surface area contributed by atoms with Crippen molar-refractivity contribution in [2.24, 2.45) is 0 Å². The van der Waals surface area contributed by atoms with Crippen molar-refractivity contribution in [3.8, 4) is 0 Å². The first-order chi connectivity index (χ1) is 20.1. The molecule has 0 atom stereocenters. The summed E-state index contributed by atoms with van der Waals surface area (Å²) in [6, 6.07) is 8.86. The van der Waals surface area contributed by atoms with Crippen LogP contribution in [-0.2, 0) is 14.2 Å². The molecule has 0 aromatic heterocycles. The van der Waals surface area contributed by atoms with Gasteiger partial charge in [0.15, 0.2) is 0 Å². The van der Waals surface area contributed by atoms with E-state index in [1.165, 1.54) is 83.3 Å². The third-order valence-corrected chi connectivity index (χ3v) is 8.44. The van der Waals surface area contributed by atoms with E-state index in [1.54, 1.807) is 0 Å². The fourth-order valence-corrected chi connectivity index (χ4v) is 6.95. The third kappa shape index (κ3) is 21.7. The Morgan fingerprint density at radius 2 is 0.636 bits per heavy atom. The Bertz CT molecular complexity index is 894. The normalized spacial score (nSPS) is 15.5. The summed E-state index contributed by atoms with van der Waals surface area (Å²) in [6.45, 7) is 32.5. The van der Waals surface area contributed by atoms with E-state index in [-0.39, 0.29) is 48.9 Å². The van der Waals surface area contributed by atoms with Crippen molar-refractivity contribution in [2.75, 3.05) is 39.6 Å². The van der Waals surface area contributed by atoms with Crippen LogP contribution in [0.15, 0.2) is 24.3 Å². The predicted molar refractivity (Wildman–Crippen MR) is 200 cm³/mol. The molecule has 246 valence electrons. The standard InChI is InChI=1S/2C12H20NSi.3C4H8O.Ba/c2*1-9-7-10(2)12(11(3)8-9)13-14(4,5)6;3*1-2-4-5-3-1;/h2*7-8H,1-6H3;3*1-4H2;/q2*-1;;;;+2. The summed E-state index contributed by atoms with van der Waals surface area (Å²) >= 11 is 0. The van der Waals surface area contributed by atoms with Gasteiger partial charge < -0.3 is 24.2 Å². The molecule has 5 nitrogen and oxygen atoms in total. The number of ether oxygens (including phenoxy) is 3. The van der Waals surface area contributed by atoms with Crippen LogP contribution in [0.1, 0.15) is 71.9 Å². The van der Waals surface area contributed by atoms with Gasteiger partial charge >= 0.3 is 48.9 Å². The van der Waals surface area contributed by atoms with Gasteiger partial charge in [-0.05, 0) is 96.5 Å². The first-order valence-electron chi connectivity index (χ1n) is 16.4. The van der Waals surface area contributed by atoms with Crippen LogP contribution in [0, 0.1) is 41.5 Å². The molecule has 8 heteroatoms. The van der Waals surface area contributed by atoms with Crippen LogP contribution in [0.25, 0.3) is 9.96 Å².